The Morgan fingerprint density at radius 1 is 1.00 bits per heavy atom. The number of nitrogens with zero attached hydrogens (tertiary/aromatic N) is 1. The summed E-state index contributed by atoms with van der Waals surface area (Å²) in [7, 11) is 4.78. The van der Waals surface area contributed by atoms with Crippen LogP contribution in [0.2, 0.25) is 0 Å². The topological polar surface area (TPSA) is 69.7 Å². The SMILES string of the molecule is COc1cc(C2C3=C(CCC3=O)Nc3c2ccc2ncccc32)cc(OC)c1OC. The molecule has 0 fully saturated rings. The first-order valence-corrected chi connectivity index (χ1v) is 9.87. The Hall–Kier alpha value is -3.54. The number of ether oxygens (including phenoxy) is 3. The number of aromatic nitrogens is 1. The molecule has 2 heterocycles. The Kier molecular flexibility index (Phi) is 4.35. The van der Waals surface area contributed by atoms with Gasteiger partial charge in [-0.1, -0.05) is 6.07 Å². The van der Waals surface area contributed by atoms with Gasteiger partial charge in [-0.05, 0) is 47.9 Å². The standard InChI is InChI=1S/C24H22N2O4/c1-28-19-11-13(12-20(29-2)24(19)30-3)21-15-6-7-16-14(5-4-10-25-16)23(15)26-17-8-9-18(27)22(17)21/h4-7,10-12,21,26H,8-9H2,1-3H3. The minimum absolute atomic E-state index is 0.174. The summed E-state index contributed by atoms with van der Waals surface area (Å²) >= 11 is 0. The van der Waals surface area contributed by atoms with Crippen LogP contribution in [-0.2, 0) is 4.79 Å². The highest BCUT2D eigenvalue weighted by atomic mass is 16.5. The van der Waals surface area contributed by atoms with Gasteiger partial charge in [0.05, 0.1) is 32.5 Å². The predicted molar refractivity (Wildman–Crippen MR) is 115 cm³/mol. The van der Waals surface area contributed by atoms with Gasteiger partial charge in [-0.15, -0.1) is 0 Å². The molecule has 5 rings (SSSR count). The number of nitrogens with one attached hydrogen (secondary N) is 1. The average Bonchev–Trinajstić information content (AvgIpc) is 3.16. The number of hydrogen-bond donors (Lipinski definition) is 1. The molecule has 1 atom stereocenters. The lowest BCUT2D eigenvalue weighted by Gasteiger charge is -2.30. The highest BCUT2D eigenvalue weighted by molar-refractivity contribution is 6.05. The van der Waals surface area contributed by atoms with Crippen LogP contribution in [0.25, 0.3) is 10.9 Å². The van der Waals surface area contributed by atoms with Crippen LogP contribution in [0, 0.1) is 0 Å². The van der Waals surface area contributed by atoms with Crippen molar-refractivity contribution in [2.75, 3.05) is 26.6 Å². The fraction of sp³-hybridized carbons (Fsp3) is 0.250. The van der Waals surface area contributed by atoms with E-state index >= 15 is 0 Å². The third-order valence-corrected chi connectivity index (χ3v) is 5.94. The molecule has 1 aliphatic carbocycles. The van der Waals surface area contributed by atoms with Crippen molar-refractivity contribution >= 4 is 22.4 Å². The number of pyridine rings is 1. The molecule has 0 amide bonds. The number of carbonyl (C=O) groups is 1. The third-order valence-electron chi connectivity index (χ3n) is 5.94. The Morgan fingerprint density at radius 3 is 2.47 bits per heavy atom. The van der Waals surface area contributed by atoms with Crippen LogP contribution in [0.5, 0.6) is 17.2 Å². The van der Waals surface area contributed by atoms with Gasteiger partial charge < -0.3 is 19.5 Å². The van der Waals surface area contributed by atoms with E-state index in [9.17, 15) is 4.79 Å². The normalized spacial score (nSPS) is 17.4. The van der Waals surface area contributed by atoms with E-state index in [1.54, 1.807) is 27.5 Å². The fourth-order valence-corrected chi connectivity index (χ4v) is 4.61. The molecule has 1 unspecified atom stereocenters. The number of fused-ring (bicyclic) bond motifs is 3. The first-order chi connectivity index (χ1) is 14.7. The van der Waals surface area contributed by atoms with Gasteiger partial charge in [-0.2, -0.15) is 0 Å². The van der Waals surface area contributed by atoms with E-state index in [0.717, 1.165) is 39.0 Å². The predicted octanol–water partition coefficient (Wildman–Crippen LogP) is 4.44. The van der Waals surface area contributed by atoms with E-state index in [1.165, 1.54) is 0 Å². The summed E-state index contributed by atoms with van der Waals surface area (Å²) in [6.07, 6.45) is 3.02. The van der Waals surface area contributed by atoms with Crippen molar-refractivity contribution in [2.24, 2.45) is 0 Å². The van der Waals surface area contributed by atoms with Crippen molar-refractivity contribution in [1.29, 1.82) is 0 Å². The van der Waals surface area contributed by atoms with E-state index in [1.807, 2.05) is 24.3 Å². The molecule has 6 nitrogen and oxygen atoms in total. The number of rotatable bonds is 4. The highest BCUT2D eigenvalue weighted by Crippen LogP contribution is 2.50. The molecule has 3 aromatic rings. The zero-order chi connectivity index (χ0) is 20.8. The van der Waals surface area contributed by atoms with Crippen LogP contribution in [0.15, 0.2) is 53.9 Å². The molecule has 30 heavy (non-hydrogen) atoms. The second-order valence-electron chi connectivity index (χ2n) is 7.43. The Labute approximate surface area is 174 Å². The van der Waals surface area contributed by atoms with E-state index < -0.39 is 0 Å². The van der Waals surface area contributed by atoms with Crippen LogP contribution in [0.1, 0.15) is 29.9 Å². The number of ketones is 1. The summed E-state index contributed by atoms with van der Waals surface area (Å²) in [6.45, 7) is 0. The summed E-state index contributed by atoms with van der Waals surface area (Å²) in [5.74, 6) is 1.63. The largest absolute Gasteiger partial charge is 0.493 e. The zero-order valence-corrected chi connectivity index (χ0v) is 17.1. The smallest absolute Gasteiger partial charge is 0.203 e. The second-order valence-corrected chi connectivity index (χ2v) is 7.43. The average molecular weight is 402 g/mol. The maximum absolute atomic E-state index is 12.9. The van der Waals surface area contributed by atoms with E-state index in [0.29, 0.717) is 30.1 Å². The summed E-state index contributed by atoms with van der Waals surface area (Å²) in [4.78, 5) is 17.4. The maximum Gasteiger partial charge on any atom is 0.203 e. The molecule has 0 bridgehead atoms. The molecule has 1 N–H and O–H groups in total. The monoisotopic (exact) mass is 402 g/mol. The van der Waals surface area contributed by atoms with Gasteiger partial charge in [0.15, 0.2) is 17.3 Å². The number of benzene rings is 2. The molecule has 0 saturated heterocycles. The third kappa shape index (κ3) is 2.64. The summed E-state index contributed by atoms with van der Waals surface area (Å²) < 4.78 is 16.6. The van der Waals surface area contributed by atoms with E-state index in [-0.39, 0.29) is 11.7 Å². The number of allylic oxidation sites excluding steroid dienone is 2. The lowest BCUT2D eigenvalue weighted by atomic mass is 9.80. The molecule has 0 radical (unpaired) electrons. The first-order valence-electron chi connectivity index (χ1n) is 9.87. The maximum atomic E-state index is 12.9. The summed E-state index contributed by atoms with van der Waals surface area (Å²) in [5, 5.41) is 4.58. The molecule has 0 spiro atoms. The van der Waals surface area contributed by atoms with Gasteiger partial charge in [-0.25, -0.2) is 0 Å². The van der Waals surface area contributed by atoms with Crippen molar-refractivity contribution < 1.29 is 19.0 Å². The quantitative estimate of drug-likeness (QED) is 0.696. The van der Waals surface area contributed by atoms with E-state index in [2.05, 4.69) is 22.4 Å². The second kappa shape index (κ2) is 7.06. The van der Waals surface area contributed by atoms with Crippen LogP contribution < -0.4 is 19.5 Å². The van der Waals surface area contributed by atoms with Gasteiger partial charge in [0, 0.05) is 35.2 Å². The molecule has 6 heteroatoms. The first kappa shape index (κ1) is 18.5. The lowest BCUT2D eigenvalue weighted by molar-refractivity contribution is -0.115. The summed E-state index contributed by atoms with van der Waals surface area (Å²) in [5.41, 5.74) is 5.70. The fourth-order valence-electron chi connectivity index (χ4n) is 4.61. The van der Waals surface area contributed by atoms with Crippen molar-refractivity contribution in [3.8, 4) is 17.2 Å². The Morgan fingerprint density at radius 2 is 1.77 bits per heavy atom. The van der Waals surface area contributed by atoms with Gasteiger partial charge in [-0.3, -0.25) is 9.78 Å². The van der Waals surface area contributed by atoms with Crippen molar-refractivity contribution in [3.63, 3.8) is 0 Å². The number of carbonyl (C=O) groups excluding carboxylic acids is 1. The van der Waals surface area contributed by atoms with Crippen LogP contribution in [-0.4, -0.2) is 32.1 Å². The molecular formula is C24H22N2O4. The van der Waals surface area contributed by atoms with Gasteiger partial charge in [0.1, 0.15) is 0 Å². The number of anilines is 1. The van der Waals surface area contributed by atoms with Crippen LogP contribution in [0.3, 0.4) is 0 Å². The number of methoxy groups -OCH3 is 3. The molecule has 1 aliphatic heterocycles. The zero-order valence-electron chi connectivity index (χ0n) is 17.1. The van der Waals surface area contributed by atoms with Crippen molar-refractivity contribution in [1.82, 2.24) is 4.98 Å². The number of Topliss-reactive ketones (excluding diaryl/α,β-unsaturated/α-hetero) is 1. The molecular weight excluding hydrogens is 380 g/mol. The van der Waals surface area contributed by atoms with Gasteiger partial charge in [0.2, 0.25) is 5.75 Å². The minimum atomic E-state index is -0.218. The molecule has 2 aromatic carbocycles. The Balaban J connectivity index is 1.79. The highest BCUT2D eigenvalue weighted by Gasteiger charge is 2.38. The Bertz CT molecular complexity index is 1190. The summed E-state index contributed by atoms with van der Waals surface area (Å²) in [6, 6.07) is 11.9. The van der Waals surface area contributed by atoms with Gasteiger partial charge >= 0.3 is 0 Å². The molecule has 1 aromatic heterocycles. The van der Waals surface area contributed by atoms with Crippen LogP contribution >= 0.6 is 0 Å². The minimum Gasteiger partial charge on any atom is -0.493 e. The number of hydrogen-bond acceptors (Lipinski definition) is 6. The lowest BCUT2D eigenvalue weighted by Crippen LogP contribution is -2.19. The van der Waals surface area contributed by atoms with Crippen molar-refractivity contribution in [3.05, 3.63) is 65.0 Å². The molecule has 0 saturated carbocycles. The molecule has 152 valence electrons. The van der Waals surface area contributed by atoms with Crippen molar-refractivity contribution in [2.45, 2.75) is 18.8 Å². The van der Waals surface area contributed by atoms with E-state index in [4.69, 9.17) is 14.2 Å². The molecule has 2 aliphatic rings. The van der Waals surface area contributed by atoms with Gasteiger partial charge in [0.25, 0.3) is 0 Å². The van der Waals surface area contributed by atoms with Crippen LogP contribution in [0.4, 0.5) is 5.69 Å².